The van der Waals surface area contributed by atoms with Crippen LogP contribution in [-0.2, 0) is 11.2 Å². The van der Waals surface area contributed by atoms with Gasteiger partial charge >= 0.3 is 5.97 Å². The zero-order valence-corrected chi connectivity index (χ0v) is 17.5. The summed E-state index contributed by atoms with van der Waals surface area (Å²) < 4.78 is 5.60. The number of nitrogens with one attached hydrogen (secondary N) is 2. The number of H-pyrrole nitrogens is 1. The molecular formula is C18H23ClN4O4S. The van der Waals surface area contributed by atoms with Crippen molar-refractivity contribution in [3.05, 3.63) is 33.2 Å². The van der Waals surface area contributed by atoms with Gasteiger partial charge in [0.2, 0.25) is 0 Å². The molecule has 2 aromatic rings. The monoisotopic (exact) mass is 426 g/mol. The van der Waals surface area contributed by atoms with Gasteiger partial charge < -0.3 is 25.0 Å². The summed E-state index contributed by atoms with van der Waals surface area (Å²) in [5.41, 5.74) is 1.05. The Morgan fingerprint density at radius 1 is 1.54 bits per heavy atom. The highest BCUT2D eigenvalue weighted by Gasteiger charge is 2.32. The molecule has 2 aromatic heterocycles. The maximum Gasteiger partial charge on any atom is 0.336 e. The van der Waals surface area contributed by atoms with Gasteiger partial charge in [-0.1, -0.05) is 18.5 Å². The molecule has 1 aliphatic rings. The second-order valence-electron chi connectivity index (χ2n) is 6.66. The van der Waals surface area contributed by atoms with E-state index in [1.54, 1.807) is 20.1 Å². The molecule has 3 heterocycles. The molecule has 2 atom stereocenters. The van der Waals surface area contributed by atoms with Crippen molar-refractivity contribution in [3.8, 4) is 0 Å². The number of anilines is 1. The molecule has 2 unspecified atom stereocenters. The fourth-order valence-electron chi connectivity index (χ4n) is 3.32. The maximum atomic E-state index is 12.5. The van der Waals surface area contributed by atoms with E-state index in [0.29, 0.717) is 36.6 Å². The number of ether oxygens (including phenoxy) is 1. The Hall–Kier alpha value is -2.10. The summed E-state index contributed by atoms with van der Waals surface area (Å²) in [5, 5.41) is 13.4. The number of amides is 1. The molecule has 0 spiro atoms. The Morgan fingerprint density at radius 2 is 2.29 bits per heavy atom. The number of imidazole rings is 1. The van der Waals surface area contributed by atoms with Crippen LogP contribution in [0.15, 0.2) is 6.07 Å². The van der Waals surface area contributed by atoms with Crippen LogP contribution in [0.25, 0.3) is 0 Å². The van der Waals surface area contributed by atoms with Crippen LogP contribution in [0.5, 0.6) is 0 Å². The summed E-state index contributed by atoms with van der Waals surface area (Å²) in [7, 11) is 1.61. The van der Waals surface area contributed by atoms with Gasteiger partial charge in [0.05, 0.1) is 28.4 Å². The first kappa shape index (κ1) is 20.6. The first-order chi connectivity index (χ1) is 13.3. The minimum absolute atomic E-state index is 0.178. The van der Waals surface area contributed by atoms with Crippen LogP contribution in [0.4, 0.5) is 5.00 Å². The number of nitrogens with zero attached hydrogens (tertiary/aromatic N) is 2. The Kier molecular flexibility index (Phi) is 6.26. The number of methoxy groups -OCH3 is 1. The topological polar surface area (TPSA) is 108 Å². The van der Waals surface area contributed by atoms with E-state index in [4.69, 9.17) is 16.3 Å². The van der Waals surface area contributed by atoms with Crippen LogP contribution in [0.2, 0.25) is 5.15 Å². The number of aromatic nitrogens is 2. The number of rotatable bonds is 6. The highest BCUT2D eigenvalue weighted by molar-refractivity contribution is 7.16. The number of piperidine rings is 1. The van der Waals surface area contributed by atoms with E-state index in [9.17, 15) is 14.7 Å². The Labute approximate surface area is 171 Å². The highest BCUT2D eigenvalue weighted by Crippen LogP contribution is 2.32. The molecule has 0 bridgehead atoms. The number of aryl methyl sites for hydroxylation is 2. The van der Waals surface area contributed by atoms with Crippen molar-refractivity contribution in [1.29, 1.82) is 0 Å². The number of carboxylic acid groups (broad SMARTS) is 1. The van der Waals surface area contributed by atoms with Crippen LogP contribution < -0.4 is 10.2 Å². The molecule has 1 amide bonds. The lowest BCUT2D eigenvalue weighted by Crippen LogP contribution is -2.55. The highest BCUT2D eigenvalue weighted by atomic mass is 35.5. The van der Waals surface area contributed by atoms with E-state index < -0.39 is 5.97 Å². The maximum absolute atomic E-state index is 12.5. The van der Waals surface area contributed by atoms with Crippen molar-refractivity contribution in [3.63, 3.8) is 0 Å². The lowest BCUT2D eigenvalue weighted by Gasteiger charge is -2.38. The molecular weight excluding hydrogens is 404 g/mol. The van der Waals surface area contributed by atoms with E-state index >= 15 is 0 Å². The zero-order chi connectivity index (χ0) is 20.4. The third-order valence-corrected chi connectivity index (χ3v) is 6.35. The predicted molar refractivity (Wildman–Crippen MR) is 108 cm³/mol. The van der Waals surface area contributed by atoms with Gasteiger partial charge in [-0.2, -0.15) is 0 Å². The van der Waals surface area contributed by atoms with Crippen molar-refractivity contribution in [2.45, 2.75) is 38.8 Å². The number of hydrogen-bond donors (Lipinski definition) is 3. The molecule has 152 valence electrons. The summed E-state index contributed by atoms with van der Waals surface area (Å²) >= 11 is 7.47. The molecule has 1 saturated heterocycles. The number of carbonyl (C=O) groups excluding carboxylic acids is 1. The Bertz CT molecular complexity index is 881. The van der Waals surface area contributed by atoms with Crippen molar-refractivity contribution in [1.82, 2.24) is 15.3 Å². The predicted octanol–water partition coefficient (Wildman–Crippen LogP) is 2.72. The largest absolute Gasteiger partial charge is 0.478 e. The van der Waals surface area contributed by atoms with Crippen LogP contribution in [0.3, 0.4) is 0 Å². The lowest BCUT2D eigenvalue weighted by atomic mass is 10.0. The van der Waals surface area contributed by atoms with Gasteiger partial charge in [0.25, 0.3) is 5.91 Å². The average Bonchev–Trinajstić information content (AvgIpc) is 3.24. The number of aromatic carboxylic acids is 1. The molecule has 1 fully saturated rings. The van der Waals surface area contributed by atoms with Gasteiger partial charge in [0, 0.05) is 25.1 Å². The van der Waals surface area contributed by atoms with Crippen molar-refractivity contribution >= 4 is 39.8 Å². The lowest BCUT2D eigenvalue weighted by molar-refractivity contribution is 0.0539. The number of halogens is 1. The van der Waals surface area contributed by atoms with Gasteiger partial charge in [-0.25, -0.2) is 9.78 Å². The molecule has 8 nitrogen and oxygen atoms in total. The number of hydrogen-bond acceptors (Lipinski definition) is 6. The molecule has 3 N–H and O–H groups in total. The summed E-state index contributed by atoms with van der Waals surface area (Å²) in [6.45, 7) is 4.97. The standard InChI is InChI=1S/C18H23ClN4O4S/c1-4-11-15(19)22-16(20-11)17(24)21-12-5-6-23(8-13(12)27-3)14-7-10(18(25)26)9(2)28-14/h7,12-13H,4-6,8H2,1-3H3,(H,20,22)(H,21,24)(H,25,26). The van der Waals surface area contributed by atoms with E-state index in [1.165, 1.54) is 11.3 Å². The number of carbonyl (C=O) groups is 2. The summed E-state index contributed by atoms with van der Waals surface area (Å²) in [5.74, 6) is -1.05. The SMILES string of the molecule is CCc1[nH]c(C(=O)NC2CCN(c3cc(C(=O)O)c(C)s3)CC2OC)nc1Cl. The normalized spacial score (nSPS) is 19.6. The molecule has 28 heavy (non-hydrogen) atoms. The van der Waals surface area contributed by atoms with Crippen molar-refractivity contribution in [2.24, 2.45) is 0 Å². The van der Waals surface area contributed by atoms with Crippen LogP contribution in [-0.4, -0.2) is 59.3 Å². The quantitative estimate of drug-likeness (QED) is 0.655. The number of aromatic amines is 1. The minimum Gasteiger partial charge on any atom is -0.478 e. The Morgan fingerprint density at radius 3 is 2.86 bits per heavy atom. The molecule has 1 aliphatic heterocycles. The molecule has 0 aliphatic carbocycles. The minimum atomic E-state index is -0.922. The van der Waals surface area contributed by atoms with Crippen molar-refractivity contribution in [2.75, 3.05) is 25.1 Å². The van der Waals surface area contributed by atoms with Gasteiger partial charge in [-0.15, -0.1) is 11.3 Å². The van der Waals surface area contributed by atoms with E-state index in [0.717, 1.165) is 15.6 Å². The summed E-state index contributed by atoms with van der Waals surface area (Å²) in [4.78, 5) is 33.7. The molecule has 0 saturated carbocycles. The average molecular weight is 427 g/mol. The van der Waals surface area contributed by atoms with Gasteiger partial charge in [0.1, 0.15) is 0 Å². The van der Waals surface area contributed by atoms with Gasteiger partial charge in [0.15, 0.2) is 11.0 Å². The number of thiophene rings is 1. The third kappa shape index (κ3) is 4.16. The van der Waals surface area contributed by atoms with Crippen molar-refractivity contribution < 1.29 is 19.4 Å². The smallest absolute Gasteiger partial charge is 0.336 e. The second-order valence-corrected chi connectivity index (χ2v) is 8.25. The fourth-order valence-corrected chi connectivity index (χ4v) is 4.63. The molecule has 3 rings (SSSR count). The van der Waals surface area contributed by atoms with E-state index in [2.05, 4.69) is 20.2 Å². The van der Waals surface area contributed by atoms with Gasteiger partial charge in [-0.05, 0) is 25.8 Å². The first-order valence-electron chi connectivity index (χ1n) is 9.00. The second kappa shape index (κ2) is 8.50. The Balaban J connectivity index is 1.68. The number of carboxylic acids is 1. The van der Waals surface area contributed by atoms with Crippen LogP contribution >= 0.6 is 22.9 Å². The first-order valence-corrected chi connectivity index (χ1v) is 10.2. The van der Waals surface area contributed by atoms with Gasteiger partial charge in [-0.3, -0.25) is 4.79 Å². The molecule has 0 radical (unpaired) electrons. The van der Waals surface area contributed by atoms with Crippen LogP contribution in [0, 0.1) is 6.92 Å². The van der Waals surface area contributed by atoms with Crippen LogP contribution in [0.1, 0.15) is 44.9 Å². The third-order valence-electron chi connectivity index (χ3n) is 4.92. The molecule has 0 aromatic carbocycles. The zero-order valence-electron chi connectivity index (χ0n) is 15.9. The summed E-state index contributed by atoms with van der Waals surface area (Å²) in [6.07, 6.45) is 1.10. The summed E-state index contributed by atoms with van der Waals surface area (Å²) in [6, 6.07) is 1.52. The van der Waals surface area contributed by atoms with E-state index in [1.807, 2.05) is 6.92 Å². The molecule has 10 heteroatoms. The van der Waals surface area contributed by atoms with E-state index in [-0.39, 0.29) is 23.9 Å². The fraction of sp³-hybridized carbons (Fsp3) is 0.500.